The van der Waals surface area contributed by atoms with Crippen LogP contribution in [-0.4, -0.2) is 52.3 Å². The number of H-pyrrole nitrogens is 1. The van der Waals surface area contributed by atoms with Crippen LogP contribution in [0.2, 0.25) is 0 Å². The van der Waals surface area contributed by atoms with Crippen molar-refractivity contribution in [3.05, 3.63) is 46.4 Å². The zero-order chi connectivity index (χ0) is 16.9. The number of methoxy groups -OCH3 is 1. The molecule has 0 saturated carbocycles. The Morgan fingerprint density at radius 2 is 2.04 bits per heavy atom. The molecule has 1 N–H and O–H groups in total. The SMILES string of the molecule is COc1ccc(OC2CCCN(C(=O)c3ccc(=O)[nH]c3)C2)nn1. The number of hydrogen-bond acceptors (Lipinski definition) is 6. The third-order valence-corrected chi connectivity index (χ3v) is 3.81. The van der Waals surface area contributed by atoms with Crippen molar-refractivity contribution in [3.8, 4) is 11.8 Å². The molecule has 1 aliphatic rings. The highest BCUT2D eigenvalue weighted by molar-refractivity contribution is 5.93. The van der Waals surface area contributed by atoms with Gasteiger partial charge in [0.05, 0.1) is 19.2 Å². The van der Waals surface area contributed by atoms with E-state index in [-0.39, 0.29) is 17.6 Å². The number of pyridine rings is 1. The van der Waals surface area contributed by atoms with Crippen molar-refractivity contribution in [3.63, 3.8) is 0 Å². The summed E-state index contributed by atoms with van der Waals surface area (Å²) in [5.74, 6) is 0.695. The summed E-state index contributed by atoms with van der Waals surface area (Å²) in [7, 11) is 1.52. The van der Waals surface area contributed by atoms with Crippen molar-refractivity contribution in [1.29, 1.82) is 0 Å². The standard InChI is InChI=1S/C16H18N4O4/c1-23-14-6-7-15(19-18-14)24-12-3-2-8-20(10-12)16(22)11-4-5-13(21)17-9-11/h4-7,9,12H,2-3,8,10H2,1H3,(H,17,21). The van der Waals surface area contributed by atoms with Gasteiger partial charge in [0.2, 0.25) is 17.3 Å². The molecule has 8 heteroatoms. The van der Waals surface area contributed by atoms with Gasteiger partial charge in [0.1, 0.15) is 6.10 Å². The molecule has 126 valence electrons. The third kappa shape index (κ3) is 3.70. The monoisotopic (exact) mass is 330 g/mol. The van der Waals surface area contributed by atoms with Gasteiger partial charge in [-0.2, -0.15) is 0 Å². The second kappa shape index (κ2) is 7.12. The summed E-state index contributed by atoms with van der Waals surface area (Å²) in [6, 6.07) is 6.24. The van der Waals surface area contributed by atoms with E-state index in [2.05, 4.69) is 15.2 Å². The molecule has 24 heavy (non-hydrogen) atoms. The van der Waals surface area contributed by atoms with Gasteiger partial charge in [-0.1, -0.05) is 0 Å². The lowest BCUT2D eigenvalue weighted by Crippen LogP contribution is -2.44. The van der Waals surface area contributed by atoms with Crippen LogP contribution in [0.1, 0.15) is 23.2 Å². The number of nitrogens with one attached hydrogen (secondary N) is 1. The van der Waals surface area contributed by atoms with Crippen LogP contribution in [0.25, 0.3) is 0 Å². The molecule has 1 amide bonds. The van der Waals surface area contributed by atoms with E-state index in [0.717, 1.165) is 12.8 Å². The molecular weight excluding hydrogens is 312 g/mol. The quantitative estimate of drug-likeness (QED) is 0.893. The predicted molar refractivity (Wildman–Crippen MR) is 85.2 cm³/mol. The van der Waals surface area contributed by atoms with Gasteiger partial charge in [0.15, 0.2) is 0 Å². The summed E-state index contributed by atoms with van der Waals surface area (Å²) < 4.78 is 10.8. The van der Waals surface area contributed by atoms with Crippen molar-refractivity contribution in [2.75, 3.05) is 20.2 Å². The number of hydrogen-bond donors (Lipinski definition) is 1. The maximum atomic E-state index is 12.5. The van der Waals surface area contributed by atoms with Crippen molar-refractivity contribution in [2.24, 2.45) is 0 Å². The van der Waals surface area contributed by atoms with E-state index in [1.807, 2.05) is 0 Å². The molecule has 2 aromatic rings. The number of aromatic nitrogens is 3. The predicted octanol–water partition coefficient (Wildman–Crippen LogP) is 0.857. The largest absolute Gasteiger partial charge is 0.480 e. The fourth-order valence-electron chi connectivity index (χ4n) is 2.60. The maximum Gasteiger partial charge on any atom is 0.255 e. The Labute approximate surface area is 138 Å². The highest BCUT2D eigenvalue weighted by atomic mass is 16.5. The normalized spacial score (nSPS) is 17.4. The van der Waals surface area contributed by atoms with Gasteiger partial charge in [-0.25, -0.2) is 0 Å². The zero-order valence-corrected chi connectivity index (χ0v) is 13.3. The molecule has 0 bridgehead atoms. The van der Waals surface area contributed by atoms with Crippen LogP contribution in [0.15, 0.2) is 35.3 Å². The second-order valence-electron chi connectivity index (χ2n) is 5.49. The Bertz CT molecular complexity index is 739. The number of aromatic amines is 1. The average Bonchev–Trinajstić information content (AvgIpc) is 2.63. The van der Waals surface area contributed by atoms with Crippen LogP contribution in [0.5, 0.6) is 11.8 Å². The number of nitrogens with zero attached hydrogens (tertiary/aromatic N) is 3. The summed E-state index contributed by atoms with van der Waals surface area (Å²) >= 11 is 0. The van der Waals surface area contributed by atoms with E-state index in [9.17, 15) is 9.59 Å². The van der Waals surface area contributed by atoms with Crippen molar-refractivity contribution in [2.45, 2.75) is 18.9 Å². The fraction of sp³-hybridized carbons (Fsp3) is 0.375. The lowest BCUT2D eigenvalue weighted by Gasteiger charge is -2.32. The van der Waals surface area contributed by atoms with Crippen LogP contribution in [0.4, 0.5) is 0 Å². The van der Waals surface area contributed by atoms with Crippen molar-refractivity contribution >= 4 is 5.91 Å². The van der Waals surface area contributed by atoms with E-state index in [0.29, 0.717) is 30.4 Å². The number of piperidine rings is 1. The van der Waals surface area contributed by atoms with E-state index >= 15 is 0 Å². The fourth-order valence-corrected chi connectivity index (χ4v) is 2.60. The number of carbonyl (C=O) groups is 1. The zero-order valence-electron chi connectivity index (χ0n) is 13.3. The van der Waals surface area contributed by atoms with Crippen molar-refractivity contribution < 1.29 is 14.3 Å². The molecule has 0 spiro atoms. The maximum absolute atomic E-state index is 12.5. The Morgan fingerprint density at radius 3 is 2.71 bits per heavy atom. The van der Waals surface area contributed by atoms with Crippen LogP contribution >= 0.6 is 0 Å². The first-order valence-electron chi connectivity index (χ1n) is 7.68. The van der Waals surface area contributed by atoms with Crippen LogP contribution in [0, 0.1) is 0 Å². The van der Waals surface area contributed by atoms with E-state index in [4.69, 9.17) is 9.47 Å². The van der Waals surface area contributed by atoms with Gasteiger partial charge < -0.3 is 19.4 Å². The highest BCUT2D eigenvalue weighted by Gasteiger charge is 2.26. The van der Waals surface area contributed by atoms with Gasteiger partial charge in [0.25, 0.3) is 5.91 Å². The second-order valence-corrected chi connectivity index (χ2v) is 5.49. The number of carbonyl (C=O) groups excluding carboxylic acids is 1. The van der Waals surface area contributed by atoms with E-state index in [1.54, 1.807) is 17.0 Å². The first-order valence-corrected chi connectivity index (χ1v) is 7.68. The Kier molecular flexibility index (Phi) is 4.74. The Balaban J connectivity index is 1.64. The lowest BCUT2D eigenvalue weighted by molar-refractivity contribution is 0.0524. The smallest absolute Gasteiger partial charge is 0.255 e. The number of amides is 1. The molecule has 0 aliphatic carbocycles. The molecule has 8 nitrogen and oxygen atoms in total. The Hall–Kier alpha value is -2.90. The molecule has 3 rings (SSSR count). The summed E-state index contributed by atoms with van der Waals surface area (Å²) in [4.78, 5) is 27.8. The molecular formula is C16H18N4O4. The molecule has 3 heterocycles. The van der Waals surface area contributed by atoms with Gasteiger partial charge in [0, 0.05) is 30.9 Å². The van der Waals surface area contributed by atoms with Crippen LogP contribution < -0.4 is 15.0 Å². The molecule has 2 aromatic heterocycles. The molecule has 1 saturated heterocycles. The lowest BCUT2D eigenvalue weighted by atomic mass is 10.1. The van der Waals surface area contributed by atoms with Gasteiger partial charge in [-0.05, 0) is 18.9 Å². The summed E-state index contributed by atoms with van der Waals surface area (Å²) in [5.41, 5.74) is 0.226. The minimum Gasteiger partial charge on any atom is -0.480 e. The molecule has 1 fully saturated rings. The highest BCUT2D eigenvalue weighted by Crippen LogP contribution is 2.18. The summed E-state index contributed by atoms with van der Waals surface area (Å²) in [5, 5.41) is 7.80. The molecule has 1 atom stereocenters. The minimum atomic E-state index is -0.232. The third-order valence-electron chi connectivity index (χ3n) is 3.81. The average molecular weight is 330 g/mol. The number of ether oxygens (including phenoxy) is 2. The van der Waals surface area contributed by atoms with Crippen LogP contribution in [0.3, 0.4) is 0 Å². The summed E-state index contributed by atoms with van der Waals surface area (Å²) in [6.07, 6.45) is 2.96. The first-order chi connectivity index (χ1) is 11.7. The number of likely N-dealkylation sites (tertiary alicyclic amines) is 1. The van der Waals surface area contributed by atoms with Crippen LogP contribution in [-0.2, 0) is 0 Å². The molecule has 0 aromatic carbocycles. The minimum absolute atomic E-state index is 0.125. The topological polar surface area (TPSA) is 97.4 Å². The van der Waals surface area contributed by atoms with Gasteiger partial charge in [-0.15, -0.1) is 10.2 Å². The van der Waals surface area contributed by atoms with Gasteiger partial charge >= 0.3 is 0 Å². The van der Waals surface area contributed by atoms with E-state index < -0.39 is 0 Å². The summed E-state index contributed by atoms with van der Waals surface area (Å²) in [6.45, 7) is 1.12. The number of rotatable bonds is 4. The molecule has 0 radical (unpaired) electrons. The molecule has 1 aliphatic heterocycles. The van der Waals surface area contributed by atoms with Crippen molar-refractivity contribution in [1.82, 2.24) is 20.1 Å². The Morgan fingerprint density at radius 1 is 1.25 bits per heavy atom. The first kappa shape index (κ1) is 16.0. The van der Waals surface area contributed by atoms with Gasteiger partial charge in [-0.3, -0.25) is 9.59 Å². The van der Waals surface area contributed by atoms with E-state index in [1.165, 1.54) is 25.4 Å². The molecule has 1 unspecified atom stereocenters.